The number of halogens is 3. The molecule has 1 atom stereocenters. The number of rotatable bonds is 5. The first-order valence-electron chi connectivity index (χ1n) is 6.90. The third-order valence-corrected chi connectivity index (χ3v) is 3.07. The van der Waals surface area contributed by atoms with Crippen molar-refractivity contribution < 1.29 is 18.0 Å². The fourth-order valence-corrected chi connectivity index (χ4v) is 2.13. The molecule has 0 bridgehead atoms. The smallest absolute Gasteiger partial charge is 0.370 e. The van der Waals surface area contributed by atoms with E-state index < -0.39 is 17.8 Å². The Morgan fingerprint density at radius 1 is 1.30 bits per heavy atom. The number of primary amides is 1. The summed E-state index contributed by atoms with van der Waals surface area (Å²) in [6, 6.07) is 5.71. The Labute approximate surface area is 130 Å². The summed E-state index contributed by atoms with van der Waals surface area (Å²) in [6.45, 7) is 1.72. The van der Waals surface area contributed by atoms with Gasteiger partial charge in [-0.05, 0) is 30.5 Å². The number of nitrogens with two attached hydrogens (primary N) is 1. The van der Waals surface area contributed by atoms with E-state index in [1.807, 2.05) is 0 Å². The van der Waals surface area contributed by atoms with Crippen LogP contribution in [0.3, 0.4) is 0 Å². The number of hydrogen-bond acceptors (Lipinski definition) is 4. The summed E-state index contributed by atoms with van der Waals surface area (Å²) in [5, 5.41) is 0. The predicted octanol–water partition coefficient (Wildman–Crippen LogP) is 2.61. The monoisotopic (exact) mass is 324 g/mol. The Balaban J connectivity index is 2.40. The van der Waals surface area contributed by atoms with Gasteiger partial charge in [0.05, 0.1) is 0 Å². The number of alkyl halides is 3. The molecule has 1 unspecified atom stereocenters. The molecule has 0 saturated heterocycles. The fourth-order valence-electron chi connectivity index (χ4n) is 2.13. The Hall–Kier alpha value is -2.51. The molecule has 2 heterocycles. The number of carbonyl (C=O) groups excluding carboxylic acids is 1. The van der Waals surface area contributed by atoms with E-state index in [0.29, 0.717) is 0 Å². The highest BCUT2D eigenvalue weighted by atomic mass is 19.4. The van der Waals surface area contributed by atoms with Crippen molar-refractivity contribution in [1.82, 2.24) is 15.0 Å². The molecule has 0 spiro atoms. The lowest BCUT2D eigenvalue weighted by Crippen LogP contribution is -2.17. The molecule has 0 aliphatic heterocycles. The van der Waals surface area contributed by atoms with Gasteiger partial charge in [-0.1, -0.05) is 13.0 Å². The quantitative estimate of drug-likeness (QED) is 0.916. The molecular formula is C15H15F3N4O. The van der Waals surface area contributed by atoms with Gasteiger partial charge in [0.2, 0.25) is 5.91 Å². The van der Waals surface area contributed by atoms with Crippen LogP contribution in [0.2, 0.25) is 0 Å². The molecule has 0 fully saturated rings. The van der Waals surface area contributed by atoms with E-state index in [0.717, 1.165) is 6.07 Å². The molecule has 0 aromatic carbocycles. The van der Waals surface area contributed by atoms with E-state index in [-0.39, 0.29) is 36.0 Å². The highest BCUT2D eigenvalue weighted by Crippen LogP contribution is 2.29. The minimum atomic E-state index is -4.59. The molecule has 2 aromatic heterocycles. The second-order valence-electron chi connectivity index (χ2n) is 5.26. The van der Waals surface area contributed by atoms with Crippen molar-refractivity contribution in [2.45, 2.75) is 25.9 Å². The van der Waals surface area contributed by atoms with E-state index in [2.05, 4.69) is 15.0 Å². The van der Waals surface area contributed by atoms with Crippen LogP contribution >= 0.6 is 0 Å². The molecule has 0 saturated carbocycles. The van der Waals surface area contributed by atoms with Gasteiger partial charge in [-0.3, -0.25) is 9.78 Å². The SMILES string of the molecule is CC(CC(N)=O)Cc1cc(C(F)(F)F)nc(-c2ccccn2)n1. The van der Waals surface area contributed by atoms with Crippen molar-refractivity contribution >= 4 is 5.91 Å². The van der Waals surface area contributed by atoms with Gasteiger partial charge in [-0.15, -0.1) is 0 Å². The van der Waals surface area contributed by atoms with Gasteiger partial charge >= 0.3 is 6.18 Å². The summed E-state index contributed by atoms with van der Waals surface area (Å²) in [5.41, 5.74) is 4.52. The Morgan fingerprint density at radius 3 is 2.61 bits per heavy atom. The van der Waals surface area contributed by atoms with E-state index in [1.165, 1.54) is 12.3 Å². The topological polar surface area (TPSA) is 81.8 Å². The van der Waals surface area contributed by atoms with E-state index >= 15 is 0 Å². The molecule has 0 radical (unpaired) electrons. The maximum Gasteiger partial charge on any atom is 0.433 e. The Morgan fingerprint density at radius 2 is 2.04 bits per heavy atom. The number of hydrogen-bond donors (Lipinski definition) is 1. The fraction of sp³-hybridized carbons (Fsp3) is 0.333. The molecule has 8 heteroatoms. The highest BCUT2D eigenvalue weighted by Gasteiger charge is 2.34. The van der Waals surface area contributed by atoms with Crippen LogP contribution in [-0.2, 0) is 17.4 Å². The van der Waals surface area contributed by atoms with Crippen molar-refractivity contribution in [2.75, 3.05) is 0 Å². The van der Waals surface area contributed by atoms with Crippen LogP contribution in [0.15, 0.2) is 30.5 Å². The third-order valence-electron chi connectivity index (χ3n) is 3.07. The van der Waals surface area contributed by atoms with Crippen molar-refractivity contribution in [2.24, 2.45) is 11.7 Å². The summed E-state index contributed by atoms with van der Waals surface area (Å²) >= 11 is 0. The molecule has 0 aliphatic rings. The maximum absolute atomic E-state index is 13.0. The van der Waals surface area contributed by atoms with Gasteiger partial charge in [-0.2, -0.15) is 13.2 Å². The van der Waals surface area contributed by atoms with Gasteiger partial charge in [0.15, 0.2) is 5.82 Å². The van der Waals surface area contributed by atoms with Crippen molar-refractivity contribution in [3.05, 3.63) is 41.9 Å². The highest BCUT2D eigenvalue weighted by molar-refractivity contribution is 5.73. The Bertz CT molecular complexity index is 689. The summed E-state index contributed by atoms with van der Waals surface area (Å²) < 4.78 is 39.1. The van der Waals surface area contributed by atoms with Gasteiger partial charge in [0.25, 0.3) is 0 Å². The normalized spacial score (nSPS) is 12.9. The van der Waals surface area contributed by atoms with Gasteiger partial charge in [0.1, 0.15) is 11.4 Å². The van der Waals surface area contributed by atoms with Crippen molar-refractivity contribution in [3.63, 3.8) is 0 Å². The zero-order valence-corrected chi connectivity index (χ0v) is 12.3. The van der Waals surface area contributed by atoms with Crippen LogP contribution in [0.4, 0.5) is 13.2 Å². The lowest BCUT2D eigenvalue weighted by atomic mass is 10.0. The summed E-state index contributed by atoms with van der Waals surface area (Å²) in [5.74, 6) is -0.825. The summed E-state index contributed by atoms with van der Waals surface area (Å²) in [7, 11) is 0. The average molecular weight is 324 g/mol. The first-order chi connectivity index (χ1) is 10.8. The van der Waals surface area contributed by atoms with Crippen LogP contribution in [-0.4, -0.2) is 20.9 Å². The molecule has 122 valence electrons. The average Bonchev–Trinajstić information content (AvgIpc) is 2.46. The second-order valence-corrected chi connectivity index (χ2v) is 5.26. The number of aromatic nitrogens is 3. The molecule has 2 aromatic rings. The van der Waals surface area contributed by atoms with E-state index in [4.69, 9.17) is 5.73 Å². The van der Waals surface area contributed by atoms with E-state index in [1.54, 1.807) is 19.1 Å². The molecule has 2 N–H and O–H groups in total. The summed E-state index contributed by atoms with van der Waals surface area (Å²) in [6.07, 6.45) is -2.87. The number of carbonyl (C=O) groups is 1. The van der Waals surface area contributed by atoms with Crippen LogP contribution in [0.25, 0.3) is 11.5 Å². The molecule has 0 aliphatic carbocycles. The van der Waals surface area contributed by atoms with Crippen LogP contribution < -0.4 is 5.73 Å². The molecule has 23 heavy (non-hydrogen) atoms. The molecular weight excluding hydrogens is 309 g/mol. The zero-order valence-electron chi connectivity index (χ0n) is 12.3. The Kier molecular flexibility index (Phi) is 4.92. The van der Waals surface area contributed by atoms with Crippen molar-refractivity contribution in [1.29, 1.82) is 0 Å². The van der Waals surface area contributed by atoms with Gasteiger partial charge in [-0.25, -0.2) is 9.97 Å². The number of nitrogens with zero attached hydrogens (tertiary/aromatic N) is 3. The second kappa shape index (κ2) is 6.72. The van der Waals surface area contributed by atoms with Crippen LogP contribution in [0.5, 0.6) is 0 Å². The first kappa shape index (κ1) is 16.9. The standard InChI is InChI=1S/C15H15F3N4O/c1-9(7-13(19)23)6-10-8-12(15(16,17)18)22-14(21-10)11-4-2-3-5-20-11/h2-5,8-9H,6-7H2,1H3,(H2,19,23). The van der Waals surface area contributed by atoms with Gasteiger partial charge < -0.3 is 5.73 Å². The van der Waals surface area contributed by atoms with Crippen LogP contribution in [0, 0.1) is 5.92 Å². The maximum atomic E-state index is 13.0. The third kappa shape index (κ3) is 4.73. The molecule has 5 nitrogen and oxygen atoms in total. The zero-order chi connectivity index (χ0) is 17.0. The number of amides is 1. The minimum absolute atomic E-state index is 0.0737. The van der Waals surface area contributed by atoms with Crippen LogP contribution in [0.1, 0.15) is 24.7 Å². The summed E-state index contributed by atoms with van der Waals surface area (Å²) in [4.78, 5) is 22.6. The lowest BCUT2D eigenvalue weighted by molar-refractivity contribution is -0.141. The van der Waals surface area contributed by atoms with Gasteiger partial charge in [0, 0.05) is 18.3 Å². The molecule has 2 rings (SSSR count). The molecule has 1 amide bonds. The van der Waals surface area contributed by atoms with Crippen molar-refractivity contribution in [3.8, 4) is 11.5 Å². The minimum Gasteiger partial charge on any atom is -0.370 e. The first-order valence-corrected chi connectivity index (χ1v) is 6.90. The number of pyridine rings is 1. The largest absolute Gasteiger partial charge is 0.433 e. The predicted molar refractivity (Wildman–Crippen MR) is 76.9 cm³/mol. The lowest BCUT2D eigenvalue weighted by Gasteiger charge is -2.13. The van der Waals surface area contributed by atoms with E-state index in [9.17, 15) is 18.0 Å².